The lowest BCUT2D eigenvalue weighted by Gasteiger charge is -2.37. The quantitative estimate of drug-likeness (QED) is 0.672. The van der Waals surface area contributed by atoms with E-state index in [1.165, 1.54) is 0 Å². The first-order valence-corrected chi connectivity index (χ1v) is 5.41. The van der Waals surface area contributed by atoms with Gasteiger partial charge in [-0.05, 0) is 32.1 Å². The summed E-state index contributed by atoms with van der Waals surface area (Å²) in [6.45, 7) is 0. The second-order valence-electron chi connectivity index (χ2n) is 4.28. The number of rotatable bonds is 3. The van der Waals surface area contributed by atoms with Gasteiger partial charge in [0.15, 0.2) is 0 Å². The Morgan fingerprint density at radius 2 is 2.14 bits per heavy atom. The first-order valence-electron chi connectivity index (χ1n) is 5.41. The molecular weight excluding hydrogens is 178 g/mol. The van der Waals surface area contributed by atoms with Gasteiger partial charge in [-0.2, -0.15) is 0 Å². The van der Waals surface area contributed by atoms with Crippen LogP contribution in [0.5, 0.6) is 0 Å². The maximum Gasteiger partial charge on any atom is 0.308 e. The third-order valence-corrected chi connectivity index (χ3v) is 3.31. The number of carboxylic acids is 1. The van der Waals surface area contributed by atoms with Gasteiger partial charge >= 0.3 is 5.97 Å². The van der Waals surface area contributed by atoms with Gasteiger partial charge in [0, 0.05) is 12.1 Å². The fraction of sp³-hybridized carbons (Fsp3) is 0.727. The highest BCUT2D eigenvalue weighted by Gasteiger charge is 2.37. The van der Waals surface area contributed by atoms with E-state index in [9.17, 15) is 4.79 Å². The molecule has 2 aliphatic rings. The highest BCUT2D eigenvalue weighted by atomic mass is 16.4. The van der Waals surface area contributed by atoms with Crippen LogP contribution in [0.4, 0.5) is 0 Å². The number of carboxylic acid groups (broad SMARTS) is 1. The third kappa shape index (κ3) is 1.98. The van der Waals surface area contributed by atoms with Crippen LogP contribution in [0.3, 0.4) is 0 Å². The molecule has 2 aliphatic carbocycles. The zero-order chi connectivity index (χ0) is 9.97. The van der Waals surface area contributed by atoms with E-state index < -0.39 is 5.97 Å². The molecule has 2 rings (SSSR count). The Labute approximate surface area is 84.2 Å². The lowest BCUT2D eigenvalue weighted by Crippen LogP contribution is -2.51. The Balaban J connectivity index is 1.80. The number of hydrogen-bond donors (Lipinski definition) is 2. The molecule has 0 heterocycles. The van der Waals surface area contributed by atoms with Crippen molar-refractivity contribution in [3.63, 3.8) is 0 Å². The number of hydrogen-bond acceptors (Lipinski definition) is 2. The highest BCUT2D eigenvalue weighted by molar-refractivity contribution is 5.72. The molecule has 0 aromatic rings. The molecule has 3 atom stereocenters. The molecule has 3 unspecified atom stereocenters. The number of aliphatic carboxylic acids is 1. The van der Waals surface area contributed by atoms with Crippen molar-refractivity contribution in [1.29, 1.82) is 0 Å². The third-order valence-electron chi connectivity index (χ3n) is 3.31. The zero-order valence-electron chi connectivity index (χ0n) is 8.28. The molecule has 0 bridgehead atoms. The summed E-state index contributed by atoms with van der Waals surface area (Å²) in [5, 5.41) is 12.3. The molecule has 0 aliphatic heterocycles. The summed E-state index contributed by atoms with van der Waals surface area (Å²) in [4.78, 5) is 10.8. The van der Waals surface area contributed by atoms with Crippen molar-refractivity contribution >= 4 is 5.97 Å². The zero-order valence-corrected chi connectivity index (χ0v) is 8.28. The van der Waals surface area contributed by atoms with Crippen molar-refractivity contribution in [1.82, 2.24) is 5.32 Å². The first kappa shape index (κ1) is 9.71. The minimum absolute atomic E-state index is 0.138. The molecule has 2 N–H and O–H groups in total. The summed E-state index contributed by atoms with van der Waals surface area (Å²) in [6, 6.07) is 0.733. The van der Waals surface area contributed by atoms with Gasteiger partial charge in [0.2, 0.25) is 0 Å². The number of nitrogens with one attached hydrogen (secondary N) is 1. The van der Waals surface area contributed by atoms with E-state index >= 15 is 0 Å². The summed E-state index contributed by atoms with van der Waals surface area (Å²) >= 11 is 0. The van der Waals surface area contributed by atoms with Crippen molar-refractivity contribution in [2.75, 3.05) is 0 Å². The van der Waals surface area contributed by atoms with Gasteiger partial charge in [-0.15, -0.1) is 0 Å². The summed E-state index contributed by atoms with van der Waals surface area (Å²) < 4.78 is 0. The highest BCUT2D eigenvalue weighted by Crippen LogP contribution is 2.29. The molecule has 1 fully saturated rings. The molecule has 14 heavy (non-hydrogen) atoms. The Hall–Kier alpha value is -0.830. The Morgan fingerprint density at radius 1 is 1.29 bits per heavy atom. The van der Waals surface area contributed by atoms with Crippen LogP contribution in [-0.4, -0.2) is 23.2 Å². The maximum absolute atomic E-state index is 10.8. The maximum atomic E-state index is 10.8. The second-order valence-corrected chi connectivity index (χ2v) is 4.28. The summed E-state index contributed by atoms with van der Waals surface area (Å²) in [6.07, 6.45) is 9.60. The van der Waals surface area contributed by atoms with Crippen LogP contribution >= 0.6 is 0 Å². The molecule has 78 valence electrons. The van der Waals surface area contributed by atoms with Crippen molar-refractivity contribution in [3.05, 3.63) is 12.2 Å². The smallest absolute Gasteiger partial charge is 0.308 e. The second kappa shape index (κ2) is 4.13. The van der Waals surface area contributed by atoms with E-state index in [1.807, 2.05) is 0 Å². The van der Waals surface area contributed by atoms with Crippen molar-refractivity contribution in [3.8, 4) is 0 Å². The normalized spacial score (nSPS) is 36.4. The van der Waals surface area contributed by atoms with Crippen LogP contribution in [0.25, 0.3) is 0 Å². The number of carbonyl (C=O) groups is 1. The minimum Gasteiger partial charge on any atom is -0.481 e. The number of allylic oxidation sites excluding steroid dienone is 1. The first-order chi connectivity index (χ1) is 6.77. The van der Waals surface area contributed by atoms with Gasteiger partial charge in [0.25, 0.3) is 0 Å². The van der Waals surface area contributed by atoms with Gasteiger partial charge < -0.3 is 10.4 Å². The molecule has 0 amide bonds. The SMILES string of the molecule is O=C(O)C1CCC1NC1CC=CCC1. The molecule has 3 heteroatoms. The van der Waals surface area contributed by atoms with E-state index in [0.29, 0.717) is 6.04 Å². The van der Waals surface area contributed by atoms with Crippen LogP contribution in [0.2, 0.25) is 0 Å². The van der Waals surface area contributed by atoms with Crippen LogP contribution in [-0.2, 0) is 4.79 Å². The lowest BCUT2D eigenvalue weighted by molar-refractivity contribution is -0.146. The van der Waals surface area contributed by atoms with Crippen molar-refractivity contribution in [2.24, 2.45) is 5.92 Å². The fourth-order valence-corrected chi connectivity index (χ4v) is 2.24. The van der Waals surface area contributed by atoms with Crippen LogP contribution in [0.1, 0.15) is 32.1 Å². The molecule has 0 aromatic heterocycles. The van der Waals surface area contributed by atoms with Crippen LogP contribution in [0, 0.1) is 5.92 Å². The van der Waals surface area contributed by atoms with Crippen LogP contribution in [0.15, 0.2) is 12.2 Å². The summed E-state index contributed by atoms with van der Waals surface area (Å²) in [5.41, 5.74) is 0. The minimum atomic E-state index is -0.639. The van der Waals surface area contributed by atoms with Gasteiger partial charge in [-0.1, -0.05) is 12.2 Å². The average Bonchev–Trinajstić information content (AvgIpc) is 2.13. The molecule has 3 nitrogen and oxygen atoms in total. The molecular formula is C11H17NO2. The molecule has 0 spiro atoms. The Kier molecular flexibility index (Phi) is 2.87. The van der Waals surface area contributed by atoms with E-state index in [-0.39, 0.29) is 12.0 Å². The summed E-state index contributed by atoms with van der Waals surface area (Å²) in [5.74, 6) is -0.777. The standard InChI is InChI=1S/C11H17NO2/c13-11(14)9-6-7-10(9)12-8-4-2-1-3-5-8/h1-2,8-10,12H,3-7H2,(H,13,14). The van der Waals surface area contributed by atoms with Crippen LogP contribution < -0.4 is 5.32 Å². The predicted molar refractivity (Wildman–Crippen MR) is 54.1 cm³/mol. The topological polar surface area (TPSA) is 49.3 Å². The van der Waals surface area contributed by atoms with E-state index in [4.69, 9.17) is 5.11 Å². The molecule has 0 saturated heterocycles. The van der Waals surface area contributed by atoms with Gasteiger partial charge in [-0.3, -0.25) is 4.79 Å². The Bertz CT molecular complexity index is 250. The lowest BCUT2D eigenvalue weighted by atomic mass is 9.79. The molecule has 0 aromatic carbocycles. The van der Waals surface area contributed by atoms with E-state index in [0.717, 1.165) is 32.1 Å². The van der Waals surface area contributed by atoms with Gasteiger partial charge in [0.05, 0.1) is 5.92 Å². The van der Waals surface area contributed by atoms with E-state index in [2.05, 4.69) is 17.5 Å². The fourth-order valence-electron chi connectivity index (χ4n) is 2.24. The average molecular weight is 195 g/mol. The summed E-state index contributed by atoms with van der Waals surface area (Å²) in [7, 11) is 0. The Morgan fingerprint density at radius 3 is 2.64 bits per heavy atom. The van der Waals surface area contributed by atoms with Gasteiger partial charge in [-0.25, -0.2) is 0 Å². The predicted octanol–water partition coefficient (Wildman–Crippen LogP) is 1.55. The van der Waals surface area contributed by atoms with Crippen molar-refractivity contribution in [2.45, 2.75) is 44.2 Å². The monoisotopic (exact) mass is 195 g/mol. The van der Waals surface area contributed by atoms with Gasteiger partial charge in [0.1, 0.15) is 0 Å². The van der Waals surface area contributed by atoms with E-state index in [1.54, 1.807) is 0 Å². The molecule has 0 radical (unpaired) electrons. The molecule has 1 saturated carbocycles. The largest absolute Gasteiger partial charge is 0.481 e. The van der Waals surface area contributed by atoms with Crippen molar-refractivity contribution < 1.29 is 9.90 Å².